The normalized spacial score (nSPS) is 14.1. The summed E-state index contributed by atoms with van der Waals surface area (Å²) >= 11 is 6.35. The van der Waals surface area contributed by atoms with Crippen molar-refractivity contribution in [2.24, 2.45) is 0 Å². The van der Waals surface area contributed by atoms with Gasteiger partial charge in [-0.3, -0.25) is 4.79 Å². The number of anilines is 1. The lowest BCUT2D eigenvalue weighted by atomic mass is 10.0. The predicted molar refractivity (Wildman–Crippen MR) is 135 cm³/mol. The van der Waals surface area contributed by atoms with Crippen molar-refractivity contribution in [1.82, 2.24) is 10.2 Å². The molecule has 0 aliphatic carbocycles. The third kappa shape index (κ3) is 5.88. The molecule has 0 spiro atoms. The van der Waals surface area contributed by atoms with Gasteiger partial charge in [-0.2, -0.15) is 0 Å². The Morgan fingerprint density at radius 2 is 1.82 bits per heavy atom. The van der Waals surface area contributed by atoms with Crippen molar-refractivity contribution in [2.45, 2.75) is 12.5 Å². The van der Waals surface area contributed by atoms with Gasteiger partial charge in [0.15, 0.2) is 5.82 Å². The van der Waals surface area contributed by atoms with E-state index >= 15 is 0 Å². The molecule has 1 aliphatic heterocycles. The summed E-state index contributed by atoms with van der Waals surface area (Å²) in [6.07, 6.45) is -1.72. The number of carbonyl (C=O) groups is 2. The number of halogens is 3. The number of ether oxygens (including phenoxy) is 3. The zero-order chi connectivity index (χ0) is 27.5. The molecule has 9 nitrogen and oxygen atoms in total. The molecule has 2 N–H and O–H groups in total. The Hall–Kier alpha value is -4.77. The first-order chi connectivity index (χ1) is 18.8. The van der Waals surface area contributed by atoms with Crippen LogP contribution in [0.25, 0.3) is 11.3 Å². The van der Waals surface area contributed by atoms with E-state index in [9.17, 15) is 18.4 Å². The first-order valence-corrected chi connectivity index (χ1v) is 11.9. The summed E-state index contributed by atoms with van der Waals surface area (Å²) in [6, 6.07) is 15.3. The molecular formula is C27H18ClF2N3O6. The first-order valence-electron chi connectivity index (χ1n) is 11.5. The number of rotatable bonds is 6. The highest BCUT2D eigenvalue weighted by Gasteiger charge is 2.27. The van der Waals surface area contributed by atoms with Gasteiger partial charge in [0.05, 0.1) is 17.3 Å². The van der Waals surface area contributed by atoms with Crippen LogP contribution in [0.4, 0.5) is 19.4 Å². The maximum atomic E-state index is 14.0. The van der Waals surface area contributed by atoms with Crippen LogP contribution in [0.3, 0.4) is 0 Å². The highest BCUT2D eigenvalue weighted by atomic mass is 35.5. The average molecular weight is 554 g/mol. The molecule has 1 amide bonds. The molecular weight excluding hydrogens is 536 g/mol. The Morgan fingerprint density at radius 3 is 2.51 bits per heavy atom. The molecule has 3 aromatic carbocycles. The summed E-state index contributed by atoms with van der Waals surface area (Å²) < 4.78 is 43.5. The first kappa shape index (κ1) is 25.9. The molecule has 2 heterocycles. The zero-order valence-corrected chi connectivity index (χ0v) is 20.6. The van der Waals surface area contributed by atoms with Crippen molar-refractivity contribution in [3.05, 3.63) is 94.5 Å². The van der Waals surface area contributed by atoms with Gasteiger partial charge in [0, 0.05) is 35.2 Å². The summed E-state index contributed by atoms with van der Waals surface area (Å²) in [5.74, 6) is -0.754. The van der Waals surface area contributed by atoms with Gasteiger partial charge in [-0.1, -0.05) is 11.6 Å². The topological polar surface area (TPSA) is 120 Å². The Balaban J connectivity index is 1.24. The summed E-state index contributed by atoms with van der Waals surface area (Å²) in [7, 11) is 0. The molecule has 12 heteroatoms. The highest BCUT2D eigenvalue weighted by molar-refractivity contribution is 6.32. The molecule has 4 aromatic rings. The summed E-state index contributed by atoms with van der Waals surface area (Å²) in [5, 5.41) is 19.5. The van der Waals surface area contributed by atoms with Crippen LogP contribution in [0.5, 0.6) is 17.2 Å². The fourth-order valence-electron chi connectivity index (χ4n) is 3.91. The van der Waals surface area contributed by atoms with E-state index < -0.39 is 29.8 Å². The van der Waals surface area contributed by atoms with Gasteiger partial charge >= 0.3 is 6.16 Å². The van der Waals surface area contributed by atoms with Crippen molar-refractivity contribution in [3.8, 4) is 28.5 Å². The smallest absolute Gasteiger partial charge is 0.493 e. The number of carbonyl (C=O) groups excluding carboxylic acids is 1. The number of aromatic nitrogens is 2. The minimum absolute atomic E-state index is 0.0800. The summed E-state index contributed by atoms with van der Waals surface area (Å²) in [6.45, 7) is 0.270. The second kappa shape index (κ2) is 10.9. The number of hydrogen-bond donors (Lipinski definition) is 2. The van der Waals surface area contributed by atoms with E-state index in [1.165, 1.54) is 36.4 Å². The molecule has 1 atom stereocenters. The monoisotopic (exact) mass is 553 g/mol. The predicted octanol–water partition coefficient (Wildman–Crippen LogP) is 6.64. The Bertz CT molecular complexity index is 1550. The second-order valence-corrected chi connectivity index (χ2v) is 8.75. The zero-order valence-electron chi connectivity index (χ0n) is 19.9. The molecule has 39 heavy (non-hydrogen) atoms. The van der Waals surface area contributed by atoms with Crippen LogP contribution in [-0.2, 0) is 4.74 Å². The fraction of sp³-hybridized carbons (Fsp3) is 0.111. The number of nitrogens with zero attached hydrogens (tertiary/aromatic N) is 2. The van der Waals surface area contributed by atoms with E-state index in [1.54, 1.807) is 18.2 Å². The summed E-state index contributed by atoms with van der Waals surface area (Å²) in [5.41, 5.74) is 1.07. The largest absolute Gasteiger partial charge is 0.506 e. The van der Waals surface area contributed by atoms with E-state index in [4.69, 9.17) is 30.9 Å². The second-order valence-electron chi connectivity index (χ2n) is 8.34. The van der Waals surface area contributed by atoms with E-state index in [0.29, 0.717) is 29.0 Å². The van der Waals surface area contributed by atoms with E-state index in [-0.39, 0.29) is 34.5 Å². The maximum Gasteiger partial charge on any atom is 0.506 e. The average Bonchev–Trinajstić information content (AvgIpc) is 2.90. The number of nitrogens with one attached hydrogen (secondary N) is 1. The van der Waals surface area contributed by atoms with Crippen LogP contribution in [0.15, 0.2) is 66.7 Å². The van der Waals surface area contributed by atoms with Crippen molar-refractivity contribution < 1.29 is 37.7 Å². The van der Waals surface area contributed by atoms with Gasteiger partial charge < -0.3 is 24.6 Å². The third-order valence-electron chi connectivity index (χ3n) is 5.75. The molecule has 1 unspecified atom stereocenters. The molecule has 5 rings (SSSR count). The third-order valence-corrected chi connectivity index (χ3v) is 6.04. The quantitative estimate of drug-likeness (QED) is 0.255. The van der Waals surface area contributed by atoms with Gasteiger partial charge in [0.2, 0.25) is 0 Å². The lowest BCUT2D eigenvalue weighted by Crippen LogP contribution is -2.18. The van der Waals surface area contributed by atoms with E-state index in [1.807, 2.05) is 0 Å². The minimum Gasteiger partial charge on any atom is -0.493 e. The van der Waals surface area contributed by atoms with E-state index in [2.05, 4.69) is 15.5 Å². The van der Waals surface area contributed by atoms with Gasteiger partial charge in [-0.25, -0.2) is 13.6 Å². The standard InChI is InChI=1S/C27H18ClF2N3O6/c28-19-12-18-22(39-27(35)36)9-10-37-23(18)13-24(19)38-16-4-1-14(2-5-16)26(34)31-25-8-7-21(32-33-25)17-6-3-15(29)11-20(17)30/h1-8,11-13,22H,9-10H2,(H,35,36)(H,31,33,34). The Kier molecular flexibility index (Phi) is 7.24. The molecule has 0 saturated carbocycles. The lowest BCUT2D eigenvalue weighted by Gasteiger charge is -2.25. The molecule has 1 aromatic heterocycles. The Morgan fingerprint density at radius 1 is 1.03 bits per heavy atom. The highest BCUT2D eigenvalue weighted by Crippen LogP contribution is 2.42. The molecule has 198 valence electrons. The van der Waals surface area contributed by atoms with Crippen molar-refractivity contribution in [1.29, 1.82) is 0 Å². The molecule has 0 saturated heterocycles. The van der Waals surface area contributed by atoms with Crippen molar-refractivity contribution in [2.75, 3.05) is 11.9 Å². The van der Waals surface area contributed by atoms with Crippen LogP contribution in [0.2, 0.25) is 5.02 Å². The van der Waals surface area contributed by atoms with Crippen LogP contribution in [0, 0.1) is 11.6 Å². The van der Waals surface area contributed by atoms with Crippen molar-refractivity contribution in [3.63, 3.8) is 0 Å². The van der Waals surface area contributed by atoms with Crippen LogP contribution in [0.1, 0.15) is 28.4 Å². The SMILES string of the molecule is O=C(O)OC1CCOc2cc(Oc3ccc(C(=O)Nc4ccc(-c5ccc(F)cc5F)nn4)cc3)c(Cl)cc21. The van der Waals surface area contributed by atoms with Gasteiger partial charge in [-0.05, 0) is 54.6 Å². The minimum atomic E-state index is -1.39. The van der Waals surface area contributed by atoms with E-state index in [0.717, 1.165) is 12.1 Å². The van der Waals surface area contributed by atoms with Gasteiger partial charge in [-0.15, -0.1) is 10.2 Å². The number of amides is 1. The van der Waals surface area contributed by atoms with Crippen molar-refractivity contribution >= 4 is 29.5 Å². The summed E-state index contributed by atoms with van der Waals surface area (Å²) in [4.78, 5) is 23.6. The number of hydrogen-bond acceptors (Lipinski definition) is 7. The number of benzene rings is 3. The number of carboxylic acid groups (broad SMARTS) is 1. The molecule has 0 fully saturated rings. The Labute approximate surface area is 224 Å². The molecule has 0 radical (unpaired) electrons. The van der Waals surface area contributed by atoms with Crippen LogP contribution < -0.4 is 14.8 Å². The van der Waals surface area contributed by atoms with Crippen LogP contribution >= 0.6 is 11.6 Å². The molecule has 1 aliphatic rings. The number of fused-ring (bicyclic) bond motifs is 1. The van der Waals surface area contributed by atoms with Gasteiger partial charge in [0.1, 0.15) is 35.0 Å². The van der Waals surface area contributed by atoms with Crippen LogP contribution in [-0.4, -0.2) is 34.0 Å². The fourth-order valence-corrected chi connectivity index (χ4v) is 4.12. The van der Waals surface area contributed by atoms with Gasteiger partial charge in [0.25, 0.3) is 5.91 Å². The maximum absolute atomic E-state index is 14.0. The lowest BCUT2D eigenvalue weighted by molar-refractivity contribution is 0.0326. The molecule has 0 bridgehead atoms.